The predicted molar refractivity (Wildman–Crippen MR) is 200 cm³/mol. The number of ether oxygens (including phenoxy) is 2. The van der Waals surface area contributed by atoms with Crippen LogP contribution in [0.25, 0.3) is 5.76 Å². The van der Waals surface area contributed by atoms with Gasteiger partial charge in [-0.2, -0.15) is 0 Å². The Kier molecular flexibility index (Phi) is 12.6. The van der Waals surface area contributed by atoms with Gasteiger partial charge >= 0.3 is 12.1 Å². The second-order valence-electron chi connectivity index (χ2n) is 15.7. The minimum Gasteiger partial charge on any atom is -0.508 e. The van der Waals surface area contributed by atoms with Gasteiger partial charge in [-0.1, -0.05) is 26.2 Å². The Morgan fingerprint density at radius 2 is 1.67 bits per heavy atom. The molecule has 0 unspecified atom stereocenters. The van der Waals surface area contributed by atoms with Gasteiger partial charge in [-0.3, -0.25) is 33.8 Å². The highest BCUT2D eigenvalue weighted by Crippen LogP contribution is 2.54. The molecule has 1 aromatic rings. The molecular formula is C38H53N5O12. The van der Waals surface area contributed by atoms with Gasteiger partial charge in [-0.05, 0) is 71.7 Å². The standard InChI is InChI=1S/C38H53N5O12/c1-9-10-11-12-13-25(45)54-18-55-36(52)43(37(2,3)4)17-24(44)40-22-16-23(41(5)6)20-14-19-15-21-29(42(7)8)32(48)28(35(39)51)34(50)38(21,53)33(49)26(19)31(47)27(20)30(22)46/h16,19,21,29,46-47,50,53H,9-15,17-18H2,1-8H3,(H2,39,51)(H,40,44)/t19-,21-,29-,38-/m0/s1. The number of nitrogens with two attached hydrogens (primary N) is 1. The van der Waals surface area contributed by atoms with Crippen molar-refractivity contribution < 1.29 is 58.7 Å². The average Bonchev–Trinajstić information content (AvgIpc) is 3.07. The number of unbranched alkanes of at least 4 members (excludes halogenated alkanes) is 3. The maximum Gasteiger partial charge on any atom is 0.413 e. The third-order valence-electron chi connectivity index (χ3n) is 10.4. The number of nitrogens with one attached hydrogen (secondary N) is 1. The first-order valence-corrected chi connectivity index (χ1v) is 18.2. The predicted octanol–water partition coefficient (Wildman–Crippen LogP) is 2.68. The number of primary amides is 1. The fourth-order valence-corrected chi connectivity index (χ4v) is 7.69. The first-order valence-electron chi connectivity index (χ1n) is 18.2. The van der Waals surface area contributed by atoms with Gasteiger partial charge in [0, 0.05) is 43.2 Å². The highest BCUT2D eigenvalue weighted by atomic mass is 16.7. The highest BCUT2D eigenvalue weighted by Gasteiger charge is 2.64. The van der Waals surface area contributed by atoms with Crippen LogP contribution in [-0.4, -0.2) is 124 Å². The van der Waals surface area contributed by atoms with Crippen molar-refractivity contribution in [2.75, 3.05) is 51.7 Å². The van der Waals surface area contributed by atoms with E-state index in [1.807, 2.05) is 6.92 Å². The van der Waals surface area contributed by atoms with E-state index in [4.69, 9.17) is 15.2 Å². The van der Waals surface area contributed by atoms with Crippen molar-refractivity contribution in [1.29, 1.82) is 0 Å². The van der Waals surface area contributed by atoms with Crippen LogP contribution in [0.1, 0.15) is 77.3 Å². The molecule has 4 rings (SSSR count). The number of aliphatic hydroxyl groups excluding tert-OH is 2. The molecule has 0 aromatic heterocycles. The molecule has 7 N–H and O–H groups in total. The summed E-state index contributed by atoms with van der Waals surface area (Å²) in [6, 6.07) is 0.239. The van der Waals surface area contributed by atoms with Crippen LogP contribution in [0, 0.1) is 11.8 Å². The lowest BCUT2D eigenvalue weighted by Gasteiger charge is -2.50. The Hall–Kier alpha value is -5.16. The van der Waals surface area contributed by atoms with E-state index in [1.165, 1.54) is 25.1 Å². The van der Waals surface area contributed by atoms with Crippen molar-refractivity contribution in [2.24, 2.45) is 17.6 Å². The lowest BCUT2D eigenvalue weighted by Crippen LogP contribution is -2.65. The van der Waals surface area contributed by atoms with Crippen LogP contribution in [0.3, 0.4) is 0 Å². The number of likely N-dealkylation sites (N-methyl/N-ethyl adjacent to an activating group) is 1. The summed E-state index contributed by atoms with van der Waals surface area (Å²) in [5, 5.41) is 48.9. The van der Waals surface area contributed by atoms with Crippen molar-refractivity contribution in [2.45, 2.75) is 89.8 Å². The number of phenols is 1. The first kappa shape index (κ1) is 42.6. The van der Waals surface area contributed by atoms with Crippen LogP contribution >= 0.6 is 0 Å². The normalized spacial score (nSPS) is 22.1. The van der Waals surface area contributed by atoms with E-state index in [1.54, 1.807) is 39.8 Å². The molecule has 17 heteroatoms. The molecular weight excluding hydrogens is 718 g/mol. The number of carbonyl (C=O) groups excluding carboxylic acids is 6. The monoisotopic (exact) mass is 771 g/mol. The van der Waals surface area contributed by atoms with Crippen LogP contribution in [0.5, 0.6) is 5.75 Å². The average molecular weight is 772 g/mol. The van der Waals surface area contributed by atoms with Crippen molar-refractivity contribution >= 4 is 52.6 Å². The molecule has 1 aromatic carbocycles. The Balaban J connectivity index is 1.66. The lowest BCUT2D eigenvalue weighted by molar-refractivity contribution is -0.154. The first-order chi connectivity index (χ1) is 25.6. The fourth-order valence-electron chi connectivity index (χ4n) is 7.69. The smallest absolute Gasteiger partial charge is 0.413 e. The number of rotatable bonds is 13. The van der Waals surface area contributed by atoms with Crippen LogP contribution in [0.15, 0.2) is 23.0 Å². The maximum absolute atomic E-state index is 14.3. The number of ketones is 2. The van der Waals surface area contributed by atoms with Crippen molar-refractivity contribution in [3.05, 3.63) is 34.1 Å². The van der Waals surface area contributed by atoms with E-state index in [0.29, 0.717) is 17.7 Å². The number of phenolic OH excluding ortho intramolecular Hbond substituents is 1. The summed E-state index contributed by atoms with van der Waals surface area (Å²) in [6.07, 6.45) is 2.70. The molecule has 0 heterocycles. The molecule has 3 amide bonds. The lowest BCUT2D eigenvalue weighted by atomic mass is 9.57. The number of hydrogen-bond acceptors (Lipinski definition) is 14. The highest BCUT2D eigenvalue weighted by molar-refractivity contribution is 6.24. The molecule has 0 saturated heterocycles. The molecule has 3 aliphatic carbocycles. The van der Waals surface area contributed by atoms with Crippen LogP contribution < -0.4 is 16.0 Å². The molecule has 3 aliphatic rings. The third-order valence-corrected chi connectivity index (χ3v) is 10.4. The molecule has 55 heavy (non-hydrogen) atoms. The summed E-state index contributed by atoms with van der Waals surface area (Å²) in [7, 11) is 6.40. The minimum atomic E-state index is -2.81. The molecule has 1 saturated carbocycles. The molecule has 17 nitrogen and oxygen atoms in total. The van der Waals surface area contributed by atoms with Crippen molar-refractivity contribution in [3.8, 4) is 5.75 Å². The number of amides is 3. The third kappa shape index (κ3) is 8.12. The number of aromatic hydroxyl groups is 1. The summed E-state index contributed by atoms with van der Waals surface area (Å²) in [5.74, 6) is -9.26. The molecule has 0 bridgehead atoms. The summed E-state index contributed by atoms with van der Waals surface area (Å²) in [6.45, 7) is 5.80. The largest absolute Gasteiger partial charge is 0.508 e. The fraction of sp³-hybridized carbons (Fsp3) is 0.579. The number of hydrogen-bond donors (Lipinski definition) is 6. The van der Waals surface area contributed by atoms with Crippen molar-refractivity contribution in [1.82, 2.24) is 9.80 Å². The van der Waals surface area contributed by atoms with Gasteiger partial charge in [0.25, 0.3) is 5.91 Å². The van der Waals surface area contributed by atoms with Crippen LogP contribution in [0.4, 0.5) is 16.2 Å². The van der Waals surface area contributed by atoms with E-state index >= 15 is 0 Å². The summed E-state index contributed by atoms with van der Waals surface area (Å²) >= 11 is 0. The van der Waals surface area contributed by atoms with Gasteiger partial charge < -0.3 is 45.9 Å². The Labute approximate surface area is 319 Å². The molecule has 4 atom stereocenters. The Morgan fingerprint density at radius 3 is 2.24 bits per heavy atom. The summed E-state index contributed by atoms with van der Waals surface area (Å²) < 4.78 is 10.2. The summed E-state index contributed by atoms with van der Waals surface area (Å²) in [5.41, 5.74) is 0.798. The number of fused-ring (bicyclic) bond motifs is 3. The molecule has 0 spiro atoms. The topological polar surface area (TPSA) is 250 Å². The zero-order valence-electron chi connectivity index (χ0n) is 32.6. The van der Waals surface area contributed by atoms with E-state index in [-0.39, 0.29) is 36.1 Å². The second kappa shape index (κ2) is 16.3. The minimum absolute atomic E-state index is 0.0385. The van der Waals surface area contributed by atoms with E-state index in [2.05, 4.69) is 5.32 Å². The van der Waals surface area contributed by atoms with Gasteiger partial charge in [0.05, 0.1) is 17.3 Å². The van der Waals surface area contributed by atoms with E-state index in [9.17, 15) is 49.2 Å². The van der Waals surface area contributed by atoms with E-state index in [0.717, 1.165) is 24.2 Å². The molecule has 0 radical (unpaired) electrons. The second-order valence-corrected chi connectivity index (χ2v) is 15.7. The van der Waals surface area contributed by atoms with Gasteiger partial charge in [0.2, 0.25) is 18.5 Å². The van der Waals surface area contributed by atoms with Gasteiger partial charge in [-0.15, -0.1) is 0 Å². The zero-order valence-corrected chi connectivity index (χ0v) is 32.6. The number of Topliss-reactive ketones (excluding diaryl/α,β-unsaturated/α-hetero) is 2. The van der Waals surface area contributed by atoms with Gasteiger partial charge in [0.1, 0.15) is 29.4 Å². The Bertz CT molecular complexity index is 1830. The number of nitrogens with zero attached hydrogens (tertiary/aromatic N) is 3. The Morgan fingerprint density at radius 1 is 1.02 bits per heavy atom. The SMILES string of the molecule is CCCCCCC(=O)OCOC(=O)N(CC(=O)Nc1cc(N(C)C)c2c(c1O)C(O)=C1C(=O)[C@]3(O)C(O)=C(C(N)=O)C(=O)[C@@H](N(C)C)[C@@H]3C[C@@H]1C2)C(C)(C)C. The zero-order chi connectivity index (χ0) is 41.3. The maximum atomic E-state index is 14.3. The van der Waals surface area contributed by atoms with Gasteiger partial charge in [-0.25, -0.2) is 4.79 Å². The van der Waals surface area contributed by atoms with Crippen LogP contribution in [0.2, 0.25) is 0 Å². The number of benzene rings is 1. The molecule has 302 valence electrons. The quantitative estimate of drug-likeness (QED) is 0.0555. The number of carbonyl (C=O) groups is 6. The summed E-state index contributed by atoms with van der Waals surface area (Å²) in [4.78, 5) is 82.7. The molecule has 0 aliphatic heterocycles. The number of aliphatic hydroxyl groups is 3. The number of esters is 1. The number of anilines is 2. The molecule has 1 fully saturated rings. The van der Waals surface area contributed by atoms with Gasteiger partial charge in [0.15, 0.2) is 11.4 Å². The van der Waals surface area contributed by atoms with Crippen LogP contribution in [-0.2, 0) is 39.9 Å². The van der Waals surface area contributed by atoms with Crippen molar-refractivity contribution in [3.63, 3.8) is 0 Å². The van der Waals surface area contributed by atoms with E-state index < -0.39 is 101 Å².